The lowest BCUT2D eigenvalue weighted by Gasteiger charge is -2.36. The first-order valence-corrected chi connectivity index (χ1v) is 8.56. The molecule has 0 aliphatic heterocycles. The van der Waals surface area contributed by atoms with Gasteiger partial charge in [0.15, 0.2) is 0 Å². The van der Waals surface area contributed by atoms with E-state index in [4.69, 9.17) is 20.9 Å². The summed E-state index contributed by atoms with van der Waals surface area (Å²) in [6, 6.07) is 0. The highest BCUT2D eigenvalue weighted by molar-refractivity contribution is 5.85. The van der Waals surface area contributed by atoms with Gasteiger partial charge < -0.3 is 20.3 Å². The Bertz CT molecular complexity index is 443. The molecule has 0 saturated heterocycles. The van der Waals surface area contributed by atoms with Crippen LogP contribution in [0.25, 0.3) is 0 Å². The van der Waals surface area contributed by atoms with Gasteiger partial charge in [-0.1, -0.05) is 32.1 Å². The molecule has 24 heavy (non-hydrogen) atoms. The maximum Gasteiger partial charge on any atom is 0.312 e. The van der Waals surface area contributed by atoms with Crippen molar-refractivity contribution in [2.24, 2.45) is 23.3 Å². The van der Waals surface area contributed by atoms with E-state index in [-0.39, 0.29) is 5.92 Å². The number of amides is 1. The first-order chi connectivity index (χ1) is 11.0. The van der Waals surface area contributed by atoms with Crippen LogP contribution in [0.2, 0.25) is 0 Å². The Kier molecular flexibility index (Phi) is 7.19. The normalized spacial score (nSPS) is 21.6. The third kappa shape index (κ3) is 5.43. The van der Waals surface area contributed by atoms with Crippen LogP contribution in [-0.4, -0.2) is 41.5 Å². The van der Waals surface area contributed by atoms with Gasteiger partial charge in [0.2, 0.25) is 5.72 Å². The summed E-state index contributed by atoms with van der Waals surface area (Å²) < 4.78 is 10.4. The molecule has 0 bridgehead atoms. The number of ether oxygens (including phenoxy) is 2. The fourth-order valence-corrected chi connectivity index (χ4v) is 3.18. The number of carbonyl (C=O) groups is 2. The molecular formula is C17H32N2O5. The number of nitrogens with two attached hydrogens (primary N) is 2. The fourth-order valence-electron chi connectivity index (χ4n) is 3.18. The number of methoxy groups -OCH3 is 1. The van der Waals surface area contributed by atoms with Crippen LogP contribution >= 0.6 is 0 Å². The van der Waals surface area contributed by atoms with Crippen LogP contribution in [-0.2, 0) is 19.1 Å². The third-order valence-corrected chi connectivity index (χ3v) is 4.56. The van der Waals surface area contributed by atoms with Crippen molar-refractivity contribution in [3.8, 4) is 0 Å². The van der Waals surface area contributed by atoms with E-state index < -0.39 is 35.2 Å². The van der Waals surface area contributed by atoms with Gasteiger partial charge in [-0.15, -0.1) is 0 Å². The molecule has 7 nitrogen and oxygen atoms in total. The lowest BCUT2D eigenvalue weighted by molar-refractivity contribution is -0.181. The molecule has 1 fully saturated rings. The average molecular weight is 344 g/mol. The number of aliphatic hydroxyl groups excluding tert-OH is 1. The molecule has 0 radical (unpaired) electrons. The molecular weight excluding hydrogens is 312 g/mol. The van der Waals surface area contributed by atoms with E-state index in [1.54, 1.807) is 20.8 Å². The van der Waals surface area contributed by atoms with Crippen molar-refractivity contribution in [2.75, 3.05) is 7.11 Å². The topological polar surface area (TPSA) is 125 Å². The van der Waals surface area contributed by atoms with Crippen molar-refractivity contribution in [3.05, 3.63) is 0 Å². The van der Waals surface area contributed by atoms with E-state index in [2.05, 4.69) is 0 Å². The summed E-state index contributed by atoms with van der Waals surface area (Å²) in [5.74, 6) is -2.30. The van der Waals surface area contributed by atoms with Crippen LogP contribution in [0, 0.1) is 11.8 Å². The average Bonchev–Trinajstić information content (AvgIpc) is 2.50. The first kappa shape index (κ1) is 20.9. The summed E-state index contributed by atoms with van der Waals surface area (Å²) in [6.45, 7) is 5.24. The predicted molar refractivity (Wildman–Crippen MR) is 89.7 cm³/mol. The van der Waals surface area contributed by atoms with E-state index in [0.717, 1.165) is 25.7 Å². The molecule has 3 unspecified atom stereocenters. The zero-order valence-corrected chi connectivity index (χ0v) is 15.2. The first-order valence-electron chi connectivity index (χ1n) is 8.56. The highest BCUT2D eigenvalue weighted by atomic mass is 16.6. The SMILES string of the molecule is COC(N)(C(N)=O)C(O)C(CC1CCCCC1)C(=O)OC(C)(C)C. The van der Waals surface area contributed by atoms with Crippen molar-refractivity contribution in [2.45, 2.75) is 76.7 Å². The van der Waals surface area contributed by atoms with Gasteiger partial charge in [0, 0.05) is 7.11 Å². The summed E-state index contributed by atoms with van der Waals surface area (Å²) in [7, 11) is 1.18. The zero-order valence-electron chi connectivity index (χ0n) is 15.2. The lowest BCUT2D eigenvalue weighted by Crippen LogP contribution is -2.65. The second kappa shape index (κ2) is 8.27. The number of hydrogen-bond donors (Lipinski definition) is 3. The van der Waals surface area contributed by atoms with Crippen molar-refractivity contribution >= 4 is 11.9 Å². The molecule has 7 heteroatoms. The fraction of sp³-hybridized carbons (Fsp3) is 0.882. The molecule has 140 valence electrons. The van der Waals surface area contributed by atoms with Gasteiger partial charge in [0.25, 0.3) is 5.91 Å². The molecule has 1 rings (SSSR count). The van der Waals surface area contributed by atoms with E-state index >= 15 is 0 Å². The lowest BCUT2D eigenvalue weighted by atomic mass is 9.79. The Morgan fingerprint density at radius 1 is 1.21 bits per heavy atom. The maximum atomic E-state index is 12.6. The Morgan fingerprint density at radius 2 is 1.75 bits per heavy atom. The van der Waals surface area contributed by atoms with Crippen molar-refractivity contribution in [1.29, 1.82) is 0 Å². The molecule has 0 aromatic rings. The van der Waals surface area contributed by atoms with E-state index in [1.807, 2.05) is 0 Å². The summed E-state index contributed by atoms with van der Waals surface area (Å²) >= 11 is 0. The number of aliphatic hydroxyl groups is 1. The molecule has 5 N–H and O–H groups in total. The van der Waals surface area contributed by atoms with Crippen LogP contribution in [0.3, 0.4) is 0 Å². The van der Waals surface area contributed by atoms with Crippen LogP contribution in [0.4, 0.5) is 0 Å². The molecule has 3 atom stereocenters. The number of carbonyl (C=O) groups excluding carboxylic acids is 2. The van der Waals surface area contributed by atoms with Gasteiger partial charge in [-0.2, -0.15) is 0 Å². The minimum Gasteiger partial charge on any atom is -0.460 e. The smallest absolute Gasteiger partial charge is 0.312 e. The number of hydrogen-bond acceptors (Lipinski definition) is 6. The van der Waals surface area contributed by atoms with Gasteiger partial charge >= 0.3 is 5.97 Å². The van der Waals surface area contributed by atoms with Gasteiger partial charge in [0.05, 0.1) is 5.92 Å². The molecule has 1 amide bonds. The quantitative estimate of drug-likeness (QED) is 0.468. The monoisotopic (exact) mass is 344 g/mol. The van der Waals surface area contributed by atoms with E-state index in [9.17, 15) is 14.7 Å². The summed E-state index contributed by atoms with van der Waals surface area (Å²) in [5.41, 5.74) is 8.28. The molecule has 0 heterocycles. The number of primary amides is 1. The number of rotatable bonds is 7. The van der Waals surface area contributed by atoms with Crippen molar-refractivity contribution in [3.63, 3.8) is 0 Å². The summed E-state index contributed by atoms with van der Waals surface area (Å²) in [6.07, 6.45) is 4.14. The minimum atomic E-state index is -2.13. The molecule has 0 spiro atoms. The van der Waals surface area contributed by atoms with E-state index in [0.29, 0.717) is 6.42 Å². The van der Waals surface area contributed by atoms with E-state index in [1.165, 1.54) is 13.5 Å². The highest BCUT2D eigenvalue weighted by Crippen LogP contribution is 2.33. The van der Waals surface area contributed by atoms with Crippen molar-refractivity contribution in [1.82, 2.24) is 0 Å². The summed E-state index contributed by atoms with van der Waals surface area (Å²) in [4.78, 5) is 24.3. The van der Waals surface area contributed by atoms with Crippen LogP contribution in [0.15, 0.2) is 0 Å². The Labute approximate surface area is 144 Å². The van der Waals surface area contributed by atoms with Gasteiger partial charge in [0.1, 0.15) is 11.7 Å². The second-order valence-corrected chi connectivity index (χ2v) is 7.69. The van der Waals surface area contributed by atoms with Crippen molar-refractivity contribution < 1.29 is 24.2 Å². The van der Waals surface area contributed by atoms with Gasteiger partial charge in [-0.3, -0.25) is 15.3 Å². The Balaban J connectivity index is 3.01. The summed E-state index contributed by atoms with van der Waals surface area (Å²) in [5, 5.41) is 10.6. The van der Waals surface area contributed by atoms with Crippen LogP contribution < -0.4 is 11.5 Å². The van der Waals surface area contributed by atoms with Gasteiger partial charge in [-0.25, -0.2) is 0 Å². The largest absolute Gasteiger partial charge is 0.460 e. The van der Waals surface area contributed by atoms with Crippen LogP contribution in [0.5, 0.6) is 0 Å². The zero-order chi connectivity index (χ0) is 18.5. The molecule has 0 aromatic carbocycles. The minimum absolute atomic E-state index is 0.278. The molecule has 1 aliphatic rings. The Morgan fingerprint density at radius 3 is 2.17 bits per heavy atom. The molecule has 0 aromatic heterocycles. The molecule has 1 saturated carbocycles. The highest BCUT2D eigenvalue weighted by Gasteiger charge is 2.48. The Hall–Kier alpha value is -1.18. The second-order valence-electron chi connectivity index (χ2n) is 7.69. The van der Waals surface area contributed by atoms with Crippen LogP contribution in [0.1, 0.15) is 59.3 Å². The molecule has 1 aliphatic carbocycles. The number of esters is 1. The maximum absolute atomic E-state index is 12.6. The third-order valence-electron chi connectivity index (χ3n) is 4.56. The van der Waals surface area contributed by atoms with Gasteiger partial charge in [-0.05, 0) is 33.1 Å². The standard InChI is InChI=1S/C17H32N2O5/c1-16(2,3)24-14(21)12(10-11-8-6-5-7-9-11)13(20)17(19,23-4)15(18)22/h11-13,20H,5-10,19H2,1-4H3,(H2,18,22). The predicted octanol–water partition coefficient (Wildman–Crippen LogP) is 1.06.